The van der Waals surface area contributed by atoms with Crippen LogP contribution in [-0.4, -0.2) is 47.0 Å². The monoisotopic (exact) mass is 237 g/mol. The van der Waals surface area contributed by atoms with E-state index < -0.39 is 12.0 Å². The summed E-state index contributed by atoms with van der Waals surface area (Å²) in [4.78, 5) is 23.0. The lowest BCUT2D eigenvalue weighted by atomic mass is 10.2. The molecule has 0 aliphatic heterocycles. The number of carbonyl (C=O) groups excluding carboxylic acids is 1. The zero-order valence-corrected chi connectivity index (χ0v) is 10.2. The molecule has 0 aromatic carbocycles. The van der Waals surface area contributed by atoms with E-state index in [1.807, 2.05) is 6.26 Å². The van der Waals surface area contributed by atoms with Crippen molar-refractivity contribution in [2.24, 2.45) is 0 Å². The molecule has 1 unspecified atom stereocenters. The number of carboxylic acid groups (broad SMARTS) is 1. The van der Waals surface area contributed by atoms with Gasteiger partial charge in [-0.25, -0.2) is 4.79 Å². The molecule has 0 spiro atoms. The summed E-state index contributed by atoms with van der Waals surface area (Å²) in [5.41, 5.74) is 0. The third-order valence-electron chi connectivity index (χ3n) is 1.93. The van der Waals surface area contributed by atoms with E-state index in [4.69, 9.17) is 16.3 Å². The summed E-state index contributed by atoms with van der Waals surface area (Å²) in [6.07, 6.45) is 2.30. The maximum Gasteiger partial charge on any atom is 0.326 e. The molecule has 0 aliphatic rings. The van der Waals surface area contributed by atoms with E-state index in [0.29, 0.717) is 12.2 Å². The number of carbonyl (C=O) groups is 2. The molecule has 6 heteroatoms. The number of likely N-dealkylation sites (N-methyl/N-ethyl adjacent to an activating group) is 1. The van der Waals surface area contributed by atoms with Crippen molar-refractivity contribution < 1.29 is 14.7 Å². The number of rotatable bonds is 5. The van der Waals surface area contributed by atoms with E-state index in [1.54, 1.807) is 0 Å². The van der Waals surface area contributed by atoms with Crippen molar-refractivity contribution in [1.29, 1.82) is 0 Å². The zero-order chi connectivity index (χ0) is 11.3. The Labute approximate surface area is 90.9 Å². The van der Waals surface area contributed by atoms with Crippen LogP contribution in [0.2, 0.25) is 0 Å². The summed E-state index contributed by atoms with van der Waals surface area (Å²) >= 11 is 4.97. The fraction of sp³-hybridized carbons (Fsp3) is 0.750. The standard InChI is InChI=1S/C8H15NO3S2/c1-6(10)9(2)7(8(11)12)4-5-14(3)13/h7H,4-5H2,1-3H3,(H,11,12)/t7-,14?/m0/s1. The molecular formula is C8H15NO3S2. The van der Waals surface area contributed by atoms with Crippen LogP contribution in [0.1, 0.15) is 13.3 Å². The molecule has 0 heterocycles. The Balaban J connectivity index is 4.37. The first-order valence-electron chi connectivity index (χ1n) is 4.12. The maximum atomic E-state index is 11.0. The van der Waals surface area contributed by atoms with Gasteiger partial charge < -0.3 is 10.0 Å². The zero-order valence-electron chi connectivity index (χ0n) is 8.52. The van der Waals surface area contributed by atoms with Gasteiger partial charge in [-0.05, 0) is 12.7 Å². The van der Waals surface area contributed by atoms with Gasteiger partial charge in [0.1, 0.15) is 6.04 Å². The maximum absolute atomic E-state index is 11.0. The molecule has 1 N–H and O–H groups in total. The van der Waals surface area contributed by atoms with Gasteiger partial charge in [0, 0.05) is 19.7 Å². The van der Waals surface area contributed by atoms with Gasteiger partial charge in [0.05, 0.1) is 0 Å². The molecular weight excluding hydrogens is 222 g/mol. The van der Waals surface area contributed by atoms with Gasteiger partial charge in [-0.2, -0.15) is 0 Å². The van der Waals surface area contributed by atoms with E-state index in [0.717, 1.165) is 0 Å². The topological polar surface area (TPSA) is 57.6 Å². The second kappa shape index (κ2) is 6.08. The lowest BCUT2D eigenvalue weighted by molar-refractivity contribution is -0.148. The fourth-order valence-electron chi connectivity index (χ4n) is 0.980. The van der Waals surface area contributed by atoms with E-state index >= 15 is 0 Å². The summed E-state index contributed by atoms with van der Waals surface area (Å²) in [6.45, 7) is 1.36. The van der Waals surface area contributed by atoms with Crippen molar-refractivity contribution in [1.82, 2.24) is 4.90 Å². The van der Waals surface area contributed by atoms with Crippen molar-refractivity contribution in [3.63, 3.8) is 0 Å². The van der Waals surface area contributed by atoms with Crippen LogP contribution in [0.15, 0.2) is 0 Å². The number of hydrogen-bond acceptors (Lipinski definition) is 3. The van der Waals surface area contributed by atoms with E-state index in [1.165, 1.54) is 18.9 Å². The highest BCUT2D eigenvalue weighted by Crippen LogP contribution is 2.04. The number of nitrogens with zero attached hydrogens (tertiary/aromatic N) is 1. The minimum atomic E-state index is -0.969. The Kier molecular flexibility index (Phi) is 5.87. The molecule has 14 heavy (non-hydrogen) atoms. The lowest BCUT2D eigenvalue weighted by Gasteiger charge is -2.23. The molecule has 0 rings (SSSR count). The largest absolute Gasteiger partial charge is 0.480 e. The molecule has 2 atom stereocenters. The van der Waals surface area contributed by atoms with Crippen LogP contribution in [0.25, 0.3) is 0 Å². The van der Waals surface area contributed by atoms with Gasteiger partial charge in [-0.3, -0.25) is 4.79 Å². The van der Waals surface area contributed by atoms with Gasteiger partial charge in [-0.15, -0.1) is 9.45 Å². The van der Waals surface area contributed by atoms with Crippen molar-refractivity contribution >= 4 is 32.5 Å². The summed E-state index contributed by atoms with van der Waals surface area (Å²) in [5, 5.41) is 8.88. The molecule has 0 bridgehead atoms. The highest BCUT2D eigenvalue weighted by molar-refractivity contribution is 8.28. The molecule has 0 saturated carbocycles. The van der Waals surface area contributed by atoms with Crippen molar-refractivity contribution in [3.05, 3.63) is 0 Å². The van der Waals surface area contributed by atoms with Gasteiger partial charge >= 0.3 is 5.97 Å². The molecule has 82 valence electrons. The average molecular weight is 237 g/mol. The molecule has 0 aromatic rings. The van der Waals surface area contributed by atoms with Gasteiger partial charge in [-0.1, -0.05) is 11.2 Å². The minimum absolute atomic E-state index is 0.200. The lowest BCUT2D eigenvalue weighted by Crippen LogP contribution is -2.42. The number of carboxylic acids is 1. The molecule has 1 amide bonds. The van der Waals surface area contributed by atoms with Crippen LogP contribution < -0.4 is 0 Å². The molecule has 0 radical (unpaired) electrons. The highest BCUT2D eigenvalue weighted by atomic mass is 32.8. The second-order valence-electron chi connectivity index (χ2n) is 3.05. The predicted molar refractivity (Wildman–Crippen MR) is 60.0 cm³/mol. The summed E-state index contributed by atoms with van der Waals surface area (Å²) < 4.78 is 0. The van der Waals surface area contributed by atoms with Crippen molar-refractivity contribution in [2.75, 3.05) is 19.1 Å². The van der Waals surface area contributed by atoms with Crippen LogP contribution in [0.5, 0.6) is 0 Å². The Hall–Kier alpha value is -0.490. The first-order valence-corrected chi connectivity index (χ1v) is 6.85. The van der Waals surface area contributed by atoms with Crippen LogP contribution in [0, 0.1) is 0 Å². The van der Waals surface area contributed by atoms with Crippen LogP contribution in [0.4, 0.5) is 0 Å². The van der Waals surface area contributed by atoms with Crippen molar-refractivity contribution in [2.45, 2.75) is 19.4 Å². The normalized spacial score (nSPS) is 14.5. The van der Waals surface area contributed by atoms with Crippen molar-refractivity contribution in [3.8, 4) is 0 Å². The van der Waals surface area contributed by atoms with E-state index in [-0.39, 0.29) is 15.4 Å². The number of hydrogen-bond donors (Lipinski definition) is 1. The summed E-state index contributed by atoms with van der Waals surface area (Å²) in [7, 11) is 1.30. The quantitative estimate of drug-likeness (QED) is 0.732. The minimum Gasteiger partial charge on any atom is -0.480 e. The van der Waals surface area contributed by atoms with Crippen LogP contribution in [-0.2, 0) is 30.2 Å². The number of aliphatic carboxylic acids is 1. The average Bonchev–Trinajstić information content (AvgIpc) is 2.02. The fourth-order valence-corrected chi connectivity index (χ4v) is 1.82. The Bertz CT molecular complexity index is 255. The SMILES string of the molecule is CC(=O)N(C)[C@@H](CCS(C)=S)C(=O)O. The smallest absolute Gasteiger partial charge is 0.326 e. The molecule has 0 aliphatic carbocycles. The predicted octanol–water partition coefficient (Wildman–Crippen LogP) is 0.0180. The number of amides is 1. The van der Waals surface area contributed by atoms with Crippen LogP contribution >= 0.6 is 0 Å². The summed E-state index contributed by atoms with van der Waals surface area (Å²) in [5.74, 6) is -0.551. The molecule has 0 aromatic heterocycles. The Morgan fingerprint density at radius 3 is 2.36 bits per heavy atom. The third kappa shape index (κ3) is 4.66. The van der Waals surface area contributed by atoms with Gasteiger partial charge in [0.25, 0.3) is 0 Å². The van der Waals surface area contributed by atoms with Crippen LogP contribution in [0.3, 0.4) is 0 Å². The highest BCUT2D eigenvalue weighted by Gasteiger charge is 2.23. The third-order valence-corrected chi connectivity index (χ3v) is 3.24. The second-order valence-corrected chi connectivity index (χ2v) is 6.31. The molecule has 0 saturated heterocycles. The van der Waals surface area contributed by atoms with E-state index in [9.17, 15) is 9.59 Å². The molecule has 4 nitrogen and oxygen atoms in total. The Morgan fingerprint density at radius 1 is 1.57 bits per heavy atom. The summed E-state index contributed by atoms with van der Waals surface area (Å²) in [6, 6.07) is -0.745. The van der Waals surface area contributed by atoms with Gasteiger partial charge in [0.2, 0.25) is 5.91 Å². The first-order chi connectivity index (χ1) is 6.36. The first kappa shape index (κ1) is 13.5. The van der Waals surface area contributed by atoms with E-state index in [2.05, 4.69) is 0 Å². The Morgan fingerprint density at radius 2 is 2.07 bits per heavy atom. The van der Waals surface area contributed by atoms with Gasteiger partial charge in [0.15, 0.2) is 0 Å². The molecule has 0 fully saturated rings.